The first kappa shape index (κ1) is 10.8. The van der Waals surface area contributed by atoms with Gasteiger partial charge in [0.25, 0.3) is 0 Å². The second-order valence-corrected chi connectivity index (χ2v) is 5.48. The molecule has 0 saturated heterocycles. The van der Waals surface area contributed by atoms with Crippen molar-refractivity contribution in [3.05, 3.63) is 12.2 Å². The first-order valence-corrected chi connectivity index (χ1v) is 6.35. The van der Waals surface area contributed by atoms with Gasteiger partial charge in [0.1, 0.15) is 6.54 Å². The van der Waals surface area contributed by atoms with Crippen molar-refractivity contribution in [3.8, 4) is 0 Å². The standard InChI is InChI=1S/C13H17NO3/c15-12(16)7-14(10-3-4-10)13(17)11-6-8-1-2-9(11)5-8/h1-2,8-11H,3-7H2,(H,15,16). The Morgan fingerprint density at radius 1 is 1.24 bits per heavy atom. The van der Waals surface area contributed by atoms with Crippen molar-refractivity contribution in [2.45, 2.75) is 31.7 Å². The number of aliphatic carboxylic acids is 1. The zero-order chi connectivity index (χ0) is 12.0. The molecule has 0 aliphatic heterocycles. The van der Waals surface area contributed by atoms with Gasteiger partial charge in [-0.1, -0.05) is 12.2 Å². The Morgan fingerprint density at radius 3 is 2.47 bits per heavy atom. The topological polar surface area (TPSA) is 57.6 Å². The van der Waals surface area contributed by atoms with Crippen LogP contribution in [0.4, 0.5) is 0 Å². The monoisotopic (exact) mass is 235 g/mol. The summed E-state index contributed by atoms with van der Waals surface area (Å²) in [5.74, 6) is 0.142. The van der Waals surface area contributed by atoms with Gasteiger partial charge in [0, 0.05) is 12.0 Å². The molecular weight excluding hydrogens is 218 g/mol. The van der Waals surface area contributed by atoms with Gasteiger partial charge in [-0.3, -0.25) is 9.59 Å². The number of rotatable bonds is 4. The third kappa shape index (κ3) is 1.96. The van der Waals surface area contributed by atoms with E-state index in [1.807, 2.05) is 0 Å². The van der Waals surface area contributed by atoms with Crippen molar-refractivity contribution in [3.63, 3.8) is 0 Å². The lowest BCUT2D eigenvalue weighted by atomic mass is 9.92. The molecule has 0 aromatic carbocycles. The third-order valence-corrected chi connectivity index (χ3v) is 4.17. The van der Waals surface area contributed by atoms with E-state index in [0.717, 1.165) is 25.7 Å². The van der Waals surface area contributed by atoms with E-state index < -0.39 is 5.97 Å². The zero-order valence-electron chi connectivity index (χ0n) is 9.71. The Bertz CT molecular complexity index is 386. The van der Waals surface area contributed by atoms with Crippen molar-refractivity contribution in [2.24, 2.45) is 17.8 Å². The van der Waals surface area contributed by atoms with Gasteiger partial charge < -0.3 is 10.0 Å². The Balaban J connectivity index is 1.71. The maximum Gasteiger partial charge on any atom is 0.323 e. The van der Waals surface area contributed by atoms with Gasteiger partial charge in [-0.05, 0) is 37.5 Å². The van der Waals surface area contributed by atoms with Crippen LogP contribution >= 0.6 is 0 Å². The van der Waals surface area contributed by atoms with Crippen LogP contribution in [0, 0.1) is 17.8 Å². The third-order valence-electron chi connectivity index (χ3n) is 4.17. The Labute approximate surface area is 100 Å². The summed E-state index contributed by atoms with van der Waals surface area (Å²) in [6.45, 7) is -0.124. The van der Waals surface area contributed by atoms with Crippen LogP contribution in [-0.2, 0) is 9.59 Å². The minimum absolute atomic E-state index is 0.0462. The normalized spacial score (nSPS) is 34.0. The molecule has 3 atom stereocenters. The Kier molecular flexibility index (Phi) is 2.45. The summed E-state index contributed by atoms with van der Waals surface area (Å²) in [5, 5.41) is 8.88. The molecule has 3 rings (SSSR count). The predicted molar refractivity (Wildman–Crippen MR) is 61.2 cm³/mol. The number of allylic oxidation sites excluding steroid dienone is 2. The van der Waals surface area contributed by atoms with Crippen molar-refractivity contribution >= 4 is 11.9 Å². The number of carbonyl (C=O) groups is 2. The van der Waals surface area contributed by atoms with E-state index in [9.17, 15) is 9.59 Å². The van der Waals surface area contributed by atoms with Crippen LogP contribution in [0.5, 0.6) is 0 Å². The number of hydrogen-bond donors (Lipinski definition) is 1. The minimum Gasteiger partial charge on any atom is -0.480 e. The van der Waals surface area contributed by atoms with Crippen molar-refractivity contribution < 1.29 is 14.7 Å². The zero-order valence-corrected chi connectivity index (χ0v) is 9.71. The van der Waals surface area contributed by atoms with E-state index >= 15 is 0 Å². The maximum atomic E-state index is 12.4. The highest BCUT2D eigenvalue weighted by atomic mass is 16.4. The molecule has 0 radical (unpaired) electrons. The first-order valence-electron chi connectivity index (χ1n) is 6.35. The summed E-state index contributed by atoms with van der Waals surface area (Å²) in [5.41, 5.74) is 0. The highest BCUT2D eigenvalue weighted by Gasteiger charge is 2.44. The second kappa shape index (κ2) is 3.86. The average Bonchev–Trinajstić information content (AvgIpc) is 2.92. The molecule has 4 nitrogen and oxygen atoms in total. The van der Waals surface area contributed by atoms with Gasteiger partial charge in [-0.2, -0.15) is 0 Å². The summed E-state index contributed by atoms with van der Waals surface area (Å²) >= 11 is 0. The Morgan fingerprint density at radius 2 is 2.00 bits per heavy atom. The number of nitrogens with zero attached hydrogens (tertiary/aromatic N) is 1. The number of fused-ring (bicyclic) bond motifs is 2. The molecule has 2 bridgehead atoms. The minimum atomic E-state index is -0.899. The molecule has 0 heterocycles. The number of carboxylic acid groups (broad SMARTS) is 1. The van der Waals surface area contributed by atoms with Crippen molar-refractivity contribution in [1.29, 1.82) is 0 Å². The largest absolute Gasteiger partial charge is 0.480 e. The van der Waals surface area contributed by atoms with Crippen LogP contribution in [0.1, 0.15) is 25.7 Å². The highest BCUT2D eigenvalue weighted by Crippen LogP contribution is 2.45. The average molecular weight is 235 g/mol. The summed E-state index contributed by atoms with van der Waals surface area (Å²) in [6.07, 6.45) is 8.28. The van der Waals surface area contributed by atoms with Gasteiger partial charge in [-0.25, -0.2) is 0 Å². The molecular formula is C13H17NO3. The van der Waals surface area contributed by atoms with Gasteiger partial charge in [-0.15, -0.1) is 0 Å². The van der Waals surface area contributed by atoms with Crippen LogP contribution in [0.25, 0.3) is 0 Å². The van der Waals surface area contributed by atoms with E-state index in [0.29, 0.717) is 11.8 Å². The predicted octanol–water partition coefficient (Wildman–Crippen LogP) is 1.27. The molecule has 2 fully saturated rings. The fraction of sp³-hybridized carbons (Fsp3) is 0.692. The first-order chi connectivity index (χ1) is 8.15. The van der Waals surface area contributed by atoms with Crippen LogP contribution < -0.4 is 0 Å². The summed E-state index contributed by atoms with van der Waals surface area (Å²) in [6, 6.07) is 0.196. The molecule has 0 aromatic rings. The summed E-state index contributed by atoms with van der Waals surface area (Å²) in [4.78, 5) is 24.8. The van der Waals surface area contributed by atoms with E-state index in [4.69, 9.17) is 5.11 Å². The van der Waals surface area contributed by atoms with Gasteiger partial charge in [0.15, 0.2) is 0 Å². The van der Waals surface area contributed by atoms with Crippen molar-refractivity contribution in [2.75, 3.05) is 6.54 Å². The molecule has 92 valence electrons. The number of amides is 1. The van der Waals surface area contributed by atoms with E-state index in [1.54, 1.807) is 4.90 Å². The number of carbonyl (C=O) groups excluding carboxylic acids is 1. The van der Waals surface area contributed by atoms with E-state index in [2.05, 4.69) is 12.2 Å². The molecule has 3 aliphatic rings. The molecule has 4 heteroatoms. The maximum absolute atomic E-state index is 12.4. The van der Waals surface area contributed by atoms with Crippen molar-refractivity contribution in [1.82, 2.24) is 4.90 Å². The summed E-state index contributed by atoms with van der Waals surface area (Å²) in [7, 11) is 0. The molecule has 2 saturated carbocycles. The molecule has 0 aromatic heterocycles. The van der Waals surface area contributed by atoms with Crippen LogP contribution in [0.3, 0.4) is 0 Å². The lowest BCUT2D eigenvalue weighted by molar-refractivity contribution is -0.147. The summed E-state index contributed by atoms with van der Waals surface area (Å²) < 4.78 is 0. The number of carboxylic acids is 1. The molecule has 1 amide bonds. The molecule has 17 heavy (non-hydrogen) atoms. The van der Waals surface area contributed by atoms with Crippen LogP contribution in [-0.4, -0.2) is 34.5 Å². The van der Waals surface area contributed by atoms with Gasteiger partial charge in [0.05, 0.1) is 0 Å². The fourth-order valence-electron chi connectivity index (χ4n) is 3.20. The SMILES string of the molecule is O=C(O)CN(C(=O)C1CC2C=CC1C2)C1CC1. The molecule has 0 spiro atoms. The molecule has 1 N–H and O–H groups in total. The lowest BCUT2D eigenvalue weighted by Gasteiger charge is -2.26. The lowest BCUT2D eigenvalue weighted by Crippen LogP contribution is -2.42. The van der Waals surface area contributed by atoms with Gasteiger partial charge in [0.2, 0.25) is 5.91 Å². The van der Waals surface area contributed by atoms with E-state index in [1.165, 1.54) is 0 Å². The Hall–Kier alpha value is -1.32. The van der Waals surface area contributed by atoms with Crippen LogP contribution in [0.2, 0.25) is 0 Å². The second-order valence-electron chi connectivity index (χ2n) is 5.48. The van der Waals surface area contributed by atoms with Crippen LogP contribution in [0.15, 0.2) is 12.2 Å². The van der Waals surface area contributed by atoms with E-state index in [-0.39, 0.29) is 24.4 Å². The highest BCUT2D eigenvalue weighted by molar-refractivity contribution is 5.84. The number of hydrogen-bond acceptors (Lipinski definition) is 2. The smallest absolute Gasteiger partial charge is 0.323 e. The molecule has 3 unspecified atom stereocenters. The quantitative estimate of drug-likeness (QED) is 0.747. The van der Waals surface area contributed by atoms with Gasteiger partial charge >= 0.3 is 5.97 Å². The molecule has 3 aliphatic carbocycles. The fourth-order valence-corrected chi connectivity index (χ4v) is 3.20.